The van der Waals surface area contributed by atoms with Crippen molar-refractivity contribution < 1.29 is 4.74 Å². The summed E-state index contributed by atoms with van der Waals surface area (Å²) in [5, 5.41) is 7.95. The highest BCUT2D eigenvalue weighted by Gasteiger charge is 2.12. The van der Waals surface area contributed by atoms with Gasteiger partial charge in [0.15, 0.2) is 0 Å². The van der Waals surface area contributed by atoms with E-state index in [9.17, 15) is 0 Å². The van der Waals surface area contributed by atoms with Gasteiger partial charge in [-0.15, -0.1) is 0 Å². The molecule has 0 saturated carbocycles. The van der Waals surface area contributed by atoms with Crippen LogP contribution in [-0.2, 0) is 17.6 Å². The monoisotopic (exact) mass is 303 g/mol. The average Bonchev–Trinajstić information content (AvgIpc) is 2.99. The Morgan fingerprint density at radius 3 is 2.76 bits per heavy atom. The van der Waals surface area contributed by atoms with Crippen molar-refractivity contribution in [2.24, 2.45) is 5.92 Å². The smallest absolute Gasteiger partial charge is 0.0587 e. The Kier molecular flexibility index (Phi) is 6.93. The van der Waals surface area contributed by atoms with Gasteiger partial charge in [0, 0.05) is 13.7 Å². The number of hydrogen-bond acceptors (Lipinski definition) is 3. The molecule has 2 rings (SSSR count). The second-order valence-corrected chi connectivity index (χ2v) is 6.31. The summed E-state index contributed by atoms with van der Waals surface area (Å²) >= 11 is 1.78. The van der Waals surface area contributed by atoms with E-state index in [-0.39, 0.29) is 0 Å². The Morgan fingerprint density at radius 2 is 2.05 bits per heavy atom. The lowest BCUT2D eigenvalue weighted by Gasteiger charge is -2.18. The summed E-state index contributed by atoms with van der Waals surface area (Å²) in [4.78, 5) is 0. The summed E-state index contributed by atoms with van der Waals surface area (Å²) in [6, 6.07) is 11.0. The van der Waals surface area contributed by atoms with Crippen LogP contribution in [0.15, 0.2) is 41.1 Å². The third-order valence-corrected chi connectivity index (χ3v) is 4.52. The number of hydrogen-bond donors (Lipinski definition) is 1. The van der Waals surface area contributed by atoms with E-state index in [1.165, 1.54) is 16.7 Å². The fraction of sp³-hybridized carbons (Fsp3) is 0.444. The van der Waals surface area contributed by atoms with Crippen molar-refractivity contribution in [2.75, 3.05) is 26.8 Å². The summed E-state index contributed by atoms with van der Waals surface area (Å²) in [7, 11) is 1.75. The van der Waals surface area contributed by atoms with Crippen LogP contribution >= 0.6 is 11.3 Å². The van der Waals surface area contributed by atoms with E-state index >= 15 is 0 Å². The number of rotatable bonds is 9. The van der Waals surface area contributed by atoms with Crippen molar-refractivity contribution >= 4 is 11.3 Å². The summed E-state index contributed by atoms with van der Waals surface area (Å²) in [5.74, 6) is 0.623. The first-order chi connectivity index (χ1) is 10.3. The van der Waals surface area contributed by atoms with E-state index in [1.54, 1.807) is 18.4 Å². The summed E-state index contributed by atoms with van der Waals surface area (Å²) in [5.41, 5.74) is 4.31. The molecule has 0 fully saturated rings. The van der Waals surface area contributed by atoms with Gasteiger partial charge in [0.05, 0.1) is 6.61 Å². The van der Waals surface area contributed by atoms with Crippen LogP contribution in [-0.4, -0.2) is 26.8 Å². The van der Waals surface area contributed by atoms with Crippen molar-refractivity contribution in [1.82, 2.24) is 5.32 Å². The molecule has 0 aliphatic rings. The molecule has 1 aromatic carbocycles. The molecule has 2 nitrogen and oxygen atoms in total. The van der Waals surface area contributed by atoms with E-state index < -0.39 is 0 Å². The molecular formula is C18H25NOS. The largest absolute Gasteiger partial charge is 0.383 e. The SMILES string of the molecule is COCCNCC(Cc1ccsc1)Cc1ccccc1C. The number of benzene rings is 1. The van der Waals surface area contributed by atoms with Crippen molar-refractivity contribution in [3.8, 4) is 0 Å². The third-order valence-electron chi connectivity index (χ3n) is 3.79. The van der Waals surface area contributed by atoms with Crippen LogP contribution in [0.5, 0.6) is 0 Å². The number of ether oxygens (including phenoxy) is 1. The molecule has 1 aromatic heterocycles. The van der Waals surface area contributed by atoms with Crippen LogP contribution in [0.3, 0.4) is 0 Å². The van der Waals surface area contributed by atoms with Crippen molar-refractivity contribution in [3.05, 3.63) is 57.8 Å². The maximum absolute atomic E-state index is 5.11. The van der Waals surface area contributed by atoms with E-state index in [1.807, 2.05) is 0 Å². The first-order valence-electron chi connectivity index (χ1n) is 7.55. The molecule has 114 valence electrons. The van der Waals surface area contributed by atoms with Gasteiger partial charge in [-0.1, -0.05) is 24.3 Å². The lowest BCUT2D eigenvalue weighted by Crippen LogP contribution is -2.28. The predicted octanol–water partition coefficient (Wildman–Crippen LogP) is 3.69. The van der Waals surface area contributed by atoms with Gasteiger partial charge in [0.1, 0.15) is 0 Å². The number of methoxy groups -OCH3 is 1. The van der Waals surface area contributed by atoms with Crippen LogP contribution < -0.4 is 5.32 Å². The Bertz CT molecular complexity index is 510. The molecule has 0 bridgehead atoms. The van der Waals surface area contributed by atoms with Gasteiger partial charge in [-0.3, -0.25) is 0 Å². The maximum atomic E-state index is 5.11. The van der Waals surface area contributed by atoms with Crippen LogP contribution in [0.4, 0.5) is 0 Å². The second-order valence-electron chi connectivity index (χ2n) is 5.53. The Hall–Kier alpha value is -1.16. The van der Waals surface area contributed by atoms with E-state index in [0.29, 0.717) is 5.92 Å². The van der Waals surface area contributed by atoms with Gasteiger partial charge in [-0.25, -0.2) is 0 Å². The van der Waals surface area contributed by atoms with Crippen LogP contribution in [0, 0.1) is 12.8 Å². The number of aryl methyl sites for hydroxylation is 1. The van der Waals surface area contributed by atoms with Crippen molar-refractivity contribution in [2.45, 2.75) is 19.8 Å². The Balaban J connectivity index is 1.95. The maximum Gasteiger partial charge on any atom is 0.0587 e. The lowest BCUT2D eigenvalue weighted by molar-refractivity contribution is 0.197. The first kappa shape index (κ1) is 16.2. The zero-order valence-corrected chi connectivity index (χ0v) is 13.8. The first-order valence-corrected chi connectivity index (χ1v) is 8.49. The van der Waals surface area contributed by atoms with Gasteiger partial charge >= 0.3 is 0 Å². The van der Waals surface area contributed by atoms with Gasteiger partial charge < -0.3 is 10.1 Å². The molecule has 21 heavy (non-hydrogen) atoms. The predicted molar refractivity (Wildman–Crippen MR) is 91.1 cm³/mol. The number of thiophene rings is 1. The van der Waals surface area contributed by atoms with Crippen molar-refractivity contribution in [3.63, 3.8) is 0 Å². The topological polar surface area (TPSA) is 21.3 Å². The molecule has 0 saturated heterocycles. The highest BCUT2D eigenvalue weighted by molar-refractivity contribution is 7.07. The fourth-order valence-electron chi connectivity index (χ4n) is 2.59. The average molecular weight is 303 g/mol. The molecule has 1 unspecified atom stereocenters. The summed E-state index contributed by atoms with van der Waals surface area (Å²) in [6.45, 7) is 4.93. The molecule has 2 aromatic rings. The quantitative estimate of drug-likeness (QED) is 0.713. The minimum atomic E-state index is 0.623. The van der Waals surface area contributed by atoms with E-state index in [4.69, 9.17) is 4.74 Å². The summed E-state index contributed by atoms with van der Waals surface area (Å²) in [6.07, 6.45) is 2.26. The molecular weight excluding hydrogens is 278 g/mol. The minimum Gasteiger partial charge on any atom is -0.383 e. The highest BCUT2D eigenvalue weighted by atomic mass is 32.1. The molecule has 1 atom stereocenters. The molecule has 0 aliphatic heterocycles. The molecule has 3 heteroatoms. The Labute approximate surface area is 132 Å². The van der Waals surface area contributed by atoms with E-state index in [0.717, 1.165) is 32.5 Å². The molecule has 1 heterocycles. The number of nitrogens with one attached hydrogen (secondary N) is 1. The second kappa shape index (κ2) is 8.98. The molecule has 0 aliphatic carbocycles. The van der Waals surface area contributed by atoms with E-state index in [2.05, 4.69) is 53.3 Å². The Morgan fingerprint density at radius 1 is 1.19 bits per heavy atom. The minimum absolute atomic E-state index is 0.623. The van der Waals surface area contributed by atoms with Crippen LogP contribution in [0.25, 0.3) is 0 Å². The lowest BCUT2D eigenvalue weighted by atomic mass is 9.91. The molecule has 0 amide bonds. The molecule has 1 N–H and O–H groups in total. The van der Waals surface area contributed by atoms with Crippen LogP contribution in [0.1, 0.15) is 16.7 Å². The fourth-order valence-corrected chi connectivity index (χ4v) is 3.27. The zero-order chi connectivity index (χ0) is 14.9. The standard InChI is InChI=1S/C18H25NOS/c1-15-5-3-4-6-18(15)12-17(13-19-8-9-20-2)11-16-7-10-21-14-16/h3-7,10,14,17,19H,8-9,11-13H2,1-2H3. The van der Waals surface area contributed by atoms with Gasteiger partial charge in [-0.05, 0) is 65.7 Å². The van der Waals surface area contributed by atoms with Gasteiger partial charge in [0.25, 0.3) is 0 Å². The third kappa shape index (κ3) is 5.62. The van der Waals surface area contributed by atoms with Gasteiger partial charge in [0.2, 0.25) is 0 Å². The molecule has 0 radical (unpaired) electrons. The van der Waals surface area contributed by atoms with Gasteiger partial charge in [-0.2, -0.15) is 11.3 Å². The van der Waals surface area contributed by atoms with Crippen molar-refractivity contribution in [1.29, 1.82) is 0 Å². The highest BCUT2D eigenvalue weighted by Crippen LogP contribution is 2.18. The van der Waals surface area contributed by atoms with Crippen LogP contribution in [0.2, 0.25) is 0 Å². The zero-order valence-electron chi connectivity index (χ0n) is 13.0. The summed E-state index contributed by atoms with van der Waals surface area (Å²) < 4.78 is 5.11. The molecule has 0 spiro atoms. The normalized spacial score (nSPS) is 12.5.